The van der Waals surface area contributed by atoms with Gasteiger partial charge in [-0.05, 0) is 63.4 Å². The van der Waals surface area contributed by atoms with E-state index < -0.39 is 5.60 Å². The number of nitrogens with one attached hydrogen (secondary N) is 1. The third-order valence-corrected chi connectivity index (χ3v) is 7.53. The molecule has 0 atom stereocenters. The Bertz CT molecular complexity index is 1250. The number of hydrogen-bond donors (Lipinski definition) is 3. The molecule has 8 nitrogen and oxygen atoms in total. The number of aromatic amines is 1. The van der Waals surface area contributed by atoms with Crippen molar-refractivity contribution in [3.63, 3.8) is 0 Å². The minimum atomic E-state index is -0.637. The first kappa shape index (κ1) is 21.6. The zero-order chi connectivity index (χ0) is 23.2. The topological polar surface area (TPSA) is 126 Å². The van der Waals surface area contributed by atoms with Gasteiger partial charge in [-0.1, -0.05) is 35.6 Å². The average molecular weight is 466 g/mol. The fourth-order valence-electron chi connectivity index (χ4n) is 4.87. The summed E-state index contributed by atoms with van der Waals surface area (Å²) < 4.78 is 6.08. The number of benzene rings is 1. The fraction of sp³-hybridized carbons (Fsp3) is 0.417. The maximum absolute atomic E-state index is 11.4. The molecule has 1 aliphatic carbocycles. The Labute approximate surface area is 195 Å². The Morgan fingerprint density at radius 1 is 1.18 bits per heavy atom. The summed E-state index contributed by atoms with van der Waals surface area (Å²) in [5.74, 6) is 1.76. The maximum atomic E-state index is 11.4. The highest BCUT2D eigenvalue weighted by atomic mass is 32.1. The van der Waals surface area contributed by atoms with Crippen LogP contribution in [-0.2, 0) is 6.42 Å². The highest BCUT2D eigenvalue weighted by molar-refractivity contribution is 7.09. The van der Waals surface area contributed by atoms with Crippen LogP contribution in [0.2, 0.25) is 0 Å². The smallest absolute Gasteiger partial charge is 0.307 e. The van der Waals surface area contributed by atoms with Crippen LogP contribution in [0.15, 0.2) is 40.4 Å². The number of rotatable bonds is 4. The van der Waals surface area contributed by atoms with Gasteiger partial charge in [0, 0.05) is 5.56 Å². The Balaban J connectivity index is 1.29. The van der Waals surface area contributed by atoms with Gasteiger partial charge in [0.1, 0.15) is 11.9 Å². The molecule has 0 amide bonds. The number of nitrogens with zero attached hydrogens (tertiary/aromatic N) is 3. The number of nitrogen functional groups attached to an aromatic ring is 1. The van der Waals surface area contributed by atoms with Crippen LogP contribution in [0.3, 0.4) is 0 Å². The van der Waals surface area contributed by atoms with Crippen molar-refractivity contribution in [3.8, 4) is 11.8 Å². The zero-order valence-corrected chi connectivity index (χ0v) is 19.5. The molecule has 2 aliphatic rings. The van der Waals surface area contributed by atoms with Crippen molar-refractivity contribution in [1.82, 2.24) is 15.0 Å². The highest BCUT2D eigenvalue weighted by Gasteiger charge is 2.35. The third-order valence-electron chi connectivity index (χ3n) is 6.64. The maximum Gasteiger partial charge on any atom is 0.307 e. The number of hydrogen-bond acceptors (Lipinski definition) is 8. The van der Waals surface area contributed by atoms with Gasteiger partial charge in [-0.2, -0.15) is 4.98 Å². The number of H-pyrrole nitrogens is 1. The van der Waals surface area contributed by atoms with Gasteiger partial charge in [0.25, 0.3) is 0 Å². The molecule has 0 bridgehead atoms. The van der Waals surface area contributed by atoms with Gasteiger partial charge >= 0.3 is 4.87 Å². The van der Waals surface area contributed by atoms with E-state index in [9.17, 15) is 9.90 Å². The molecule has 5 rings (SSSR count). The molecule has 9 heteroatoms. The standard InChI is InChI=1S/C24H27N5O3S/c1-24(2)19(28-18-20(25)26-12-27-22(18)32-24)16-9-7-15(8-10-16)14-5-3-13(4-6-14)11-17-21(30)29-23(31)33-17/h7-10,12-14,30H,3-6,11H2,1-2H3,(H,29,31)(H2,25,26,27). The first-order valence-corrected chi connectivity index (χ1v) is 12.0. The predicted molar refractivity (Wildman–Crippen MR) is 129 cm³/mol. The molecule has 0 spiro atoms. The number of anilines is 1. The number of aromatic nitrogens is 3. The molecular formula is C24H27N5O3S. The molecule has 0 radical (unpaired) electrons. The van der Waals surface area contributed by atoms with Crippen LogP contribution in [-0.4, -0.2) is 31.4 Å². The van der Waals surface area contributed by atoms with Gasteiger partial charge in [0.2, 0.25) is 11.8 Å². The van der Waals surface area contributed by atoms with Crippen molar-refractivity contribution in [2.75, 3.05) is 5.73 Å². The van der Waals surface area contributed by atoms with E-state index >= 15 is 0 Å². The number of fused-ring (bicyclic) bond motifs is 1. The summed E-state index contributed by atoms with van der Waals surface area (Å²) in [6.07, 6.45) is 6.52. The molecule has 1 aromatic carbocycles. The first-order valence-electron chi connectivity index (χ1n) is 11.2. The molecule has 2 aromatic heterocycles. The normalized spacial score (nSPS) is 21.7. The minimum Gasteiger partial charge on any atom is -0.494 e. The van der Waals surface area contributed by atoms with Crippen molar-refractivity contribution in [1.29, 1.82) is 0 Å². The number of nitrogens with two attached hydrogens (primary N) is 1. The lowest BCUT2D eigenvalue weighted by Gasteiger charge is -2.32. The minimum absolute atomic E-state index is 0.0381. The molecule has 172 valence electrons. The quantitative estimate of drug-likeness (QED) is 0.527. The van der Waals surface area contributed by atoms with E-state index in [2.05, 4.69) is 39.2 Å². The van der Waals surface area contributed by atoms with Gasteiger partial charge < -0.3 is 15.6 Å². The summed E-state index contributed by atoms with van der Waals surface area (Å²) in [6.45, 7) is 3.95. The second-order valence-corrected chi connectivity index (χ2v) is 10.4. The molecule has 3 heterocycles. The SMILES string of the molecule is CC1(C)Oc2ncnc(N)c2N=C1c1ccc(C2CCC(Cc3sc(=O)[nH]c3O)CC2)cc1. The first-order chi connectivity index (χ1) is 15.8. The lowest BCUT2D eigenvalue weighted by Crippen LogP contribution is -2.41. The number of ether oxygens (including phenoxy) is 1. The van der Waals surface area contributed by atoms with E-state index in [-0.39, 0.29) is 10.8 Å². The lowest BCUT2D eigenvalue weighted by molar-refractivity contribution is 0.171. The second-order valence-electron chi connectivity index (χ2n) is 9.32. The third kappa shape index (κ3) is 4.25. The van der Waals surface area contributed by atoms with Crippen LogP contribution >= 0.6 is 11.3 Å². The summed E-state index contributed by atoms with van der Waals surface area (Å²) >= 11 is 1.12. The van der Waals surface area contributed by atoms with Gasteiger partial charge in [0.05, 0.1) is 10.6 Å². The Hall–Kier alpha value is -3.20. The van der Waals surface area contributed by atoms with E-state index in [0.717, 1.165) is 59.6 Å². The van der Waals surface area contributed by atoms with Crippen LogP contribution < -0.4 is 15.3 Å². The molecule has 0 saturated heterocycles. The summed E-state index contributed by atoms with van der Waals surface area (Å²) in [4.78, 5) is 27.4. The molecule has 0 unspecified atom stereocenters. The van der Waals surface area contributed by atoms with E-state index in [1.165, 1.54) is 11.9 Å². The molecule has 4 N–H and O–H groups in total. The summed E-state index contributed by atoms with van der Waals surface area (Å²) in [5.41, 5.74) is 8.95. The van der Waals surface area contributed by atoms with Gasteiger partial charge in [-0.15, -0.1) is 0 Å². The zero-order valence-electron chi connectivity index (χ0n) is 18.7. The van der Waals surface area contributed by atoms with Crippen LogP contribution in [0.4, 0.5) is 11.5 Å². The number of aliphatic imine (C=N–C) groups is 1. The van der Waals surface area contributed by atoms with Crippen LogP contribution in [0.1, 0.15) is 61.5 Å². The fourth-order valence-corrected chi connectivity index (χ4v) is 5.71. The molecular weight excluding hydrogens is 438 g/mol. The Morgan fingerprint density at radius 3 is 2.58 bits per heavy atom. The van der Waals surface area contributed by atoms with Gasteiger partial charge in [-0.25, -0.2) is 9.98 Å². The lowest BCUT2D eigenvalue weighted by atomic mass is 9.77. The molecule has 1 aliphatic heterocycles. The second kappa shape index (κ2) is 8.30. The number of thiazole rings is 1. The van der Waals surface area contributed by atoms with Crippen molar-refractivity contribution in [2.24, 2.45) is 10.9 Å². The summed E-state index contributed by atoms with van der Waals surface area (Å²) in [6, 6.07) is 8.57. The number of aromatic hydroxyl groups is 1. The monoisotopic (exact) mass is 465 g/mol. The average Bonchev–Trinajstić information content (AvgIpc) is 3.10. The van der Waals surface area contributed by atoms with Crippen molar-refractivity contribution >= 4 is 28.6 Å². The van der Waals surface area contributed by atoms with Crippen molar-refractivity contribution in [3.05, 3.63) is 56.3 Å². The van der Waals surface area contributed by atoms with E-state index in [0.29, 0.717) is 29.2 Å². The van der Waals surface area contributed by atoms with Crippen LogP contribution in [0.5, 0.6) is 11.8 Å². The Kier molecular flexibility index (Phi) is 5.44. The highest BCUT2D eigenvalue weighted by Crippen LogP contribution is 2.40. The van der Waals surface area contributed by atoms with E-state index in [1.807, 2.05) is 13.8 Å². The Morgan fingerprint density at radius 2 is 1.91 bits per heavy atom. The van der Waals surface area contributed by atoms with Crippen LogP contribution in [0.25, 0.3) is 0 Å². The van der Waals surface area contributed by atoms with E-state index in [4.69, 9.17) is 15.5 Å². The molecule has 1 fully saturated rings. The summed E-state index contributed by atoms with van der Waals surface area (Å²) in [5, 5.41) is 9.85. The van der Waals surface area contributed by atoms with Crippen molar-refractivity contribution in [2.45, 2.75) is 57.5 Å². The van der Waals surface area contributed by atoms with E-state index in [1.54, 1.807) is 0 Å². The summed E-state index contributed by atoms with van der Waals surface area (Å²) in [7, 11) is 0. The largest absolute Gasteiger partial charge is 0.494 e. The predicted octanol–water partition coefficient (Wildman–Crippen LogP) is 4.32. The molecule has 3 aromatic rings. The van der Waals surface area contributed by atoms with Gasteiger partial charge in [0.15, 0.2) is 11.5 Å². The van der Waals surface area contributed by atoms with Gasteiger partial charge in [-0.3, -0.25) is 9.78 Å². The molecule has 33 heavy (non-hydrogen) atoms. The van der Waals surface area contributed by atoms with Crippen molar-refractivity contribution < 1.29 is 9.84 Å². The molecule has 1 saturated carbocycles. The van der Waals surface area contributed by atoms with Crippen LogP contribution in [0, 0.1) is 5.92 Å².